The fraction of sp³-hybridized carbons (Fsp3) is 0.565. The van der Waals surface area contributed by atoms with E-state index in [4.69, 9.17) is 9.72 Å². The molecule has 10 heteroatoms. The predicted molar refractivity (Wildman–Crippen MR) is 123 cm³/mol. The Bertz CT molecular complexity index is 1100. The summed E-state index contributed by atoms with van der Waals surface area (Å²) in [6.45, 7) is 2.69. The lowest BCUT2D eigenvalue weighted by Gasteiger charge is -2.25. The van der Waals surface area contributed by atoms with Crippen LogP contribution in [0.5, 0.6) is 0 Å². The number of aliphatic hydroxyl groups is 1. The maximum atomic E-state index is 12.2. The highest BCUT2D eigenvalue weighted by Crippen LogP contribution is 2.27. The van der Waals surface area contributed by atoms with Gasteiger partial charge in [-0.3, -0.25) is 9.48 Å². The number of likely N-dealkylation sites (tertiary alicyclic amines) is 1. The van der Waals surface area contributed by atoms with Crippen LogP contribution in [0, 0.1) is 5.92 Å². The quantitative estimate of drug-likeness (QED) is 0.524. The molecule has 0 aromatic carbocycles. The largest absolute Gasteiger partial charge is 0.460 e. The number of fused-ring (bicyclic) bond motifs is 1. The number of carbonyl (C=O) groups excluding carboxylic acids is 1. The zero-order chi connectivity index (χ0) is 22.8. The summed E-state index contributed by atoms with van der Waals surface area (Å²) in [6, 6.07) is 2.03. The van der Waals surface area contributed by atoms with Crippen LogP contribution in [0.25, 0.3) is 11.0 Å². The summed E-state index contributed by atoms with van der Waals surface area (Å²) >= 11 is 0. The summed E-state index contributed by atoms with van der Waals surface area (Å²) in [6.07, 6.45) is 11.8. The molecular weight excluding hydrogens is 422 g/mol. The summed E-state index contributed by atoms with van der Waals surface area (Å²) in [7, 11) is 2.02. The van der Waals surface area contributed by atoms with Crippen LogP contribution < -0.4 is 5.32 Å². The molecule has 4 heterocycles. The Morgan fingerprint density at radius 1 is 1.24 bits per heavy atom. The van der Waals surface area contributed by atoms with Crippen molar-refractivity contribution in [3.05, 3.63) is 30.9 Å². The third kappa shape index (κ3) is 5.33. The molecule has 0 spiro atoms. The van der Waals surface area contributed by atoms with Crippen LogP contribution in [-0.4, -0.2) is 72.6 Å². The number of nitrogens with zero attached hydrogens (tertiary/aromatic N) is 6. The number of hydrogen-bond donors (Lipinski definition) is 2. The zero-order valence-electron chi connectivity index (χ0n) is 18.9. The SMILES string of the molecule is CN1CCC(OC(=O)Cn2cc(Nc3ncc4ccn(CC5CCC(O)CC5)c4n3)cn2)C1. The van der Waals surface area contributed by atoms with E-state index in [0.717, 1.165) is 62.8 Å². The molecule has 2 aliphatic rings. The van der Waals surface area contributed by atoms with Gasteiger partial charge in [-0.25, -0.2) is 4.98 Å². The van der Waals surface area contributed by atoms with Crippen LogP contribution in [0.1, 0.15) is 32.1 Å². The smallest absolute Gasteiger partial charge is 0.328 e. The molecule has 1 atom stereocenters. The van der Waals surface area contributed by atoms with E-state index in [1.807, 2.05) is 19.3 Å². The average Bonchev–Trinajstić information content (AvgIpc) is 3.51. The number of esters is 1. The number of hydrogen-bond acceptors (Lipinski definition) is 8. The lowest BCUT2D eigenvalue weighted by atomic mass is 9.87. The van der Waals surface area contributed by atoms with Crippen molar-refractivity contribution >= 4 is 28.6 Å². The molecule has 3 aromatic heterocycles. The number of likely N-dealkylation sites (N-methyl/N-ethyl adjacent to an activating group) is 1. The van der Waals surface area contributed by atoms with E-state index in [9.17, 15) is 9.90 Å². The first-order valence-electron chi connectivity index (χ1n) is 11.7. The molecular formula is C23H31N7O3. The van der Waals surface area contributed by atoms with Crippen LogP contribution in [0.4, 0.5) is 11.6 Å². The lowest BCUT2D eigenvalue weighted by molar-refractivity contribution is -0.149. The highest BCUT2D eigenvalue weighted by Gasteiger charge is 2.23. The Morgan fingerprint density at radius 3 is 2.88 bits per heavy atom. The summed E-state index contributed by atoms with van der Waals surface area (Å²) in [5.74, 6) is 0.756. The average molecular weight is 454 g/mol. The van der Waals surface area contributed by atoms with E-state index in [1.165, 1.54) is 0 Å². The molecule has 1 aliphatic heterocycles. The van der Waals surface area contributed by atoms with Gasteiger partial charge >= 0.3 is 5.97 Å². The maximum absolute atomic E-state index is 12.2. The first-order chi connectivity index (χ1) is 16.0. The van der Waals surface area contributed by atoms with Crippen molar-refractivity contribution in [1.82, 2.24) is 29.2 Å². The number of aliphatic hydroxyl groups excluding tert-OH is 1. The molecule has 1 unspecified atom stereocenters. The monoisotopic (exact) mass is 453 g/mol. The molecule has 0 bridgehead atoms. The van der Waals surface area contributed by atoms with Crippen LogP contribution in [0.3, 0.4) is 0 Å². The molecule has 5 rings (SSSR count). The van der Waals surface area contributed by atoms with Crippen molar-refractivity contribution in [2.45, 2.75) is 57.4 Å². The van der Waals surface area contributed by atoms with Gasteiger partial charge in [0.05, 0.1) is 18.0 Å². The number of aromatic nitrogens is 5. The van der Waals surface area contributed by atoms with Gasteiger partial charge in [-0.05, 0) is 51.1 Å². The number of ether oxygens (including phenoxy) is 1. The summed E-state index contributed by atoms with van der Waals surface area (Å²) in [4.78, 5) is 23.5. The van der Waals surface area contributed by atoms with Gasteiger partial charge in [0.1, 0.15) is 18.3 Å². The Morgan fingerprint density at radius 2 is 2.09 bits per heavy atom. The predicted octanol–water partition coefficient (Wildman–Crippen LogP) is 2.17. The van der Waals surface area contributed by atoms with Gasteiger partial charge in [0, 0.05) is 43.6 Å². The first-order valence-corrected chi connectivity index (χ1v) is 11.7. The summed E-state index contributed by atoms with van der Waals surface area (Å²) < 4.78 is 9.26. The molecule has 2 N–H and O–H groups in total. The van der Waals surface area contributed by atoms with Crippen LogP contribution in [0.15, 0.2) is 30.9 Å². The number of nitrogens with one attached hydrogen (secondary N) is 1. The van der Waals surface area contributed by atoms with Gasteiger partial charge in [0.2, 0.25) is 5.95 Å². The first kappa shape index (κ1) is 21.8. The van der Waals surface area contributed by atoms with Gasteiger partial charge in [0.15, 0.2) is 0 Å². The fourth-order valence-corrected chi connectivity index (χ4v) is 4.77. The Hall–Kier alpha value is -2.98. The Balaban J connectivity index is 1.20. The minimum atomic E-state index is -0.282. The van der Waals surface area contributed by atoms with E-state index in [2.05, 4.69) is 31.1 Å². The standard InChI is InChI=1S/C23H31N7O3/c1-28-8-7-20(14-28)33-21(32)15-30-13-18(11-25-30)26-23-24-10-17-6-9-29(22(17)27-23)12-16-2-4-19(31)5-3-16/h6,9-11,13,16,19-20,31H,2-5,7-8,12,14-15H2,1H3,(H,24,26,27). The fourth-order valence-electron chi connectivity index (χ4n) is 4.77. The highest BCUT2D eigenvalue weighted by atomic mass is 16.5. The van der Waals surface area contributed by atoms with E-state index < -0.39 is 0 Å². The van der Waals surface area contributed by atoms with E-state index in [1.54, 1.807) is 17.1 Å². The number of carbonyl (C=O) groups is 1. The molecule has 176 valence electrons. The van der Waals surface area contributed by atoms with Crippen molar-refractivity contribution in [2.75, 3.05) is 25.5 Å². The van der Waals surface area contributed by atoms with Gasteiger partial charge < -0.3 is 24.6 Å². The maximum Gasteiger partial charge on any atom is 0.328 e. The minimum absolute atomic E-state index is 0.0364. The Labute approximate surface area is 192 Å². The molecule has 33 heavy (non-hydrogen) atoms. The van der Waals surface area contributed by atoms with E-state index in [-0.39, 0.29) is 24.7 Å². The lowest BCUT2D eigenvalue weighted by Crippen LogP contribution is -2.24. The second-order valence-corrected chi connectivity index (χ2v) is 9.33. The van der Waals surface area contributed by atoms with Crippen LogP contribution in [0.2, 0.25) is 0 Å². The molecule has 1 saturated carbocycles. The second-order valence-electron chi connectivity index (χ2n) is 9.33. The van der Waals surface area contributed by atoms with Gasteiger partial charge in [0.25, 0.3) is 0 Å². The normalized spacial score (nSPS) is 23.8. The third-order valence-corrected chi connectivity index (χ3v) is 6.60. The molecule has 2 fully saturated rings. The highest BCUT2D eigenvalue weighted by molar-refractivity contribution is 5.76. The van der Waals surface area contributed by atoms with Crippen LogP contribution in [-0.2, 0) is 22.6 Å². The summed E-state index contributed by atoms with van der Waals surface area (Å²) in [5.41, 5.74) is 1.60. The third-order valence-electron chi connectivity index (χ3n) is 6.60. The zero-order valence-corrected chi connectivity index (χ0v) is 18.9. The number of anilines is 2. The van der Waals surface area contributed by atoms with Crippen molar-refractivity contribution in [2.24, 2.45) is 5.92 Å². The van der Waals surface area contributed by atoms with Gasteiger partial charge in [-0.15, -0.1) is 0 Å². The molecule has 1 aliphatic carbocycles. The van der Waals surface area contributed by atoms with Crippen LogP contribution >= 0.6 is 0 Å². The molecule has 10 nitrogen and oxygen atoms in total. The van der Waals surface area contributed by atoms with Crippen molar-refractivity contribution in [1.29, 1.82) is 0 Å². The van der Waals surface area contributed by atoms with Gasteiger partial charge in [-0.2, -0.15) is 10.1 Å². The number of rotatable bonds is 7. The van der Waals surface area contributed by atoms with Crippen molar-refractivity contribution < 1.29 is 14.6 Å². The molecule has 0 radical (unpaired) electrons. The minimum Gasteiger partial charge on any atom is -0.460 e. The second kappa shape index (κ2) is 9.48. The van der Waals surface area contributed by atoms with Crippen molar-refractivity contribution in [3.8, 4) is 0 Å². The topological polar surface area (TPSA) is 110 Å². The van der Waals surface area contributed by atoms with Gasteiger partial charge in [-0.1, -0.05) is 0 Å². The van der Waals surface area contributed by atoms with E-state index >= 15 is 0 Å². The molecule has 1 saturated heterocycles. The Kier molecular flexibility index (Phi) is 6.28. The van der Waals surface area contributed by atoms with E-state index in [0.29, 0.717) is 17.6 Å². The molecule has 0 amide bonds. The van der Waals surface area contributed by atoms with Crippen molar-refractivity contribution in [3.63, 3.8) is 0 Å². The molecule has 3 aromatic rings. The summed E-state index contributed by atoms with van der Waals surface area (Å²) in [5, 5.41) is 18.2.